The number of carbonyl (C=O) groups excluding carboxylic acids is 1. The summed E-state index contributed by atoms with van der Waals surface area (Å²) in [7, 11) is 2.07. The van der Waals surface area contributed by atoms with Gasteiger partial charge in [0.05, 0.1) is 13.2 Å². The summed E-state index contributed by atoms with van der Waals surface area (Å²) in [5, 5.41) is 3.12. The Bertz CT molecular complexity index is 987. The van der Waals surface area contributed by atoms with Gasteiger partial charge in [-0.05, 0) is 56.7 Å². The van der Waals surface area contributed by atoms with E-state index in [0.717, 1.165) is 48.9 Å². The Balaban J connectivity index is 1.55. The van der Waals surface area contributed by atoms with Crippen LogP contribution in [0.3, 0.4) is 0 Å². The Morgan fingerprint density at radius 1 is 1.16 bits per heavy atom. The molecule has 2 aromatic carbocycles. The molecule has 1 fully saturated rings. The third-order valence-corrected chi connectivity index (χ3v) is 6.44. The molecule has 0 aromatic heterocycles. The molecule has 5 nitrogen and oxygen atoms in total. The standard InChI is InChI=1S/C25H31F2N3O2/c1-25(2)16-32-23-7-4-17(12-21(23)25)14-30(15-18-5-6-19(26)13-22(18)27)24(31)28-20-8-10-29(3)11-9-20/h4-7,12-13,20H,8-11,14-16H2,1-3H3,(H,28,31). The zero-order valence-corrected chi connectivity index (χ0v) is 19.0. The van der Waals surface area contributed by atoms with Crippen molar-refractivity contribution in [3.8, 4) is 5.75 Å². The van der Waals surface area contributed by atoms with Crippen LogP contribution in [0.4, 0.5) is 13.6 Å². The second kappa shape index (κ2) is 9.06. The van der Waals surface area contributed by atoms with Crippen LogP contribution in [-0.2, 0) is 18.5 Å². The molecule has 1 N–H and O–H groups in total. The number of fused-ring (bicyclic) bond motifs is 1. The van der Waals surface area contributed by atoms with Crippen molar-refractivity contribution in [1.29, 1.82) is 0 Å². The largest absolute Gasteiger partial charge is 0.492 e. The minimum atomic E-state index is -0.648. The van der Waals surface area contributed by atoms with Crippen LogP contribution < -0.4 is 10.1 Å². The van der Waals surface area contributed by atoms with Crippen molar-refractivity contribution in [2.24, 2.45) is 0 Å². The lowest BCUT2D eigenvalue weighted by atomic mass is 9.86. The van der Waals surface area contributed by atoms with Crippen LogP contribution in [0.5, 0.6) is 5.75 Å². The van der Waals surface area contributed by atoms with E-state index in [-0.39, 0.29) is 29.6 Å². The fourth-order valence-electron chi connectivity index (χ4n) is 4.36. The van der Waals surface area contributed by atoms with Crippen molar-refractivity contribution in [1.82, 2.24) is 15.1 Å². The van der Waals surface area contributed by atoms with E-state index in [1.807, 2.05) is 12.1 Å². The Kier molecular flexibility index (Phi) is 6.38. The van der Waals surface area contributed by atoms with Gasteiger partial charge in [-0.1, -0.05) is 26.0 Å². The maximum absolute atomic E-state index is 14.4. The quantitative estimate of drug-likeness (QED) is 0.743. The number of likely N-dealkylation sites (tertiary alicyclic amines) is 1. The number of piperidine rings is 1. The van der Waals surface area contributed by atoms with Crippen LogP contribution in [0.1, 0.15) is 43.4 Å². The molecular formula is C25H31F2N3O2. The molecule has 32 heavy (non-hydrogen) atoms. The van der Waals surface area contributed by atoms with E-state index < -0.39 is 11.6 Å². The van der Waals surface area contributed by atoms with E-state index in [4.69, 9.17) is 4.74 Å². The molecule has 2 aromatic rings. The number of hydrogen-bond acceptors (Lipinski definition) is 3. The van der Waals surface area contributed by atoms with Gasteiger partial charge in [0.15, 0.2) is 0 Å². The molecule has 0 spiro atoms. The normalized spacial score (nSPS) is 18.2. The maximum Gasteiger partial charge on any atom is 0.318 e. The summed E-state index contributed by atoms with van der Waals surface area (Å²) in [5.74, 6) is -0.411. The number of hydrogen-bond donors (Lipinski definition) is 1. The van der Waals surface area contributed by atoms with Gasteiger partial charge in [0.25, 0.3) is 0 Å². The summed E-state index contributed by atoms with van der Waals surface area (Å²) in [5.41, 5.74) is 2.24. The first-order valence-corrected chi connectivity index (χ1v) is 11.2. The van der Waals surface area contributed by atoms with Crippen LogP contribution in [0, 0.1) is 11.6 Å². The zero-order chi connectivity index (χ0) is 22.9. The number of urea groups is 1. The summed E-state index contributed by atoms with van der Waals surface area (Å²) in [6.45, 7) is 7.10. The van der Waals surface area contributed by atoms with Gasteiger partial charge in [0.1, 0.15) is 17.4 Å². The van der Waals surface area contributed by atoms with Gasteiger partial charge in [-0.2, -0.15) is 0 Å². The van der Waals surface area contributed by atoms with E-state index in [9.17, 15) is 13.6 Å². The maximum atomic E-state index is 14.4. The van der Waals surface area contributed by atoms with Crippen molar-refractivity contribution in [2.75, 3.05) is 26.7 Å². The molecule has 0 saturated carbocycles. The Labute approximate surface area is 188 Å². The SMILES string of the molecule is CN1CCC(NC(=O)N(Cc2ccc3c(c2)C(C)(C)CO3)Cc2ccc(F)cc2F)CC1. The van der Waals surface area contributed by atoms with Crippen LogP contribution in [0.15, 0.2) is 36.4 Å². The lowest BCUT2D eigenvalue weighted by Gasteiger charge is -2.32. The molecule has 2 heterocycles. The van der Waals surface area contributed by atoms with E-state index in [2.05, 4.69) is 37.2 Å². The number of benzene rings is 2. The highest BCUT2D eigenvalue weighted by Gasteiger charge is 2.32. The van der Waals surface area contributed by atoms with Crippen molar-refractivity contribution < 1.29 is 18.3 Å². The Morgan fingerprint density at radius 2 is 1.91 bits per heavy atom. The van der Waals surface area contributed by atoms with E-state index >= 15 is 0 Å². The molecule has 0 atom stereocenters. The number of ether oxygens (including phenoxy) is 1. The fourth-order valence-corrected chi connectivity index (χ4v) is 4.36. The molecule has 2 amide bonds. The molecule has 0 unspecified atom stereocenters. The van der Waals surface area contributed by atoms with E-state index in [1.54, 1.807) is 4.90 Å². The van der Waals surface area contributed by atoms with E-state index in [0.29, 0.717) is 13.2 Å². The first-order chi connectivity index (χ1) is 15.2. The van der Waals surface area contributed by atoms with Crippen LogP contribution >= 0.6 is 0 Å². The highest BCUT2D eigenvalue weighted by atomic mass is 19.1. The zero-order valence-electron chi connectivity index (χ0n) is 19.0. The summed E-state index contributed by atoms with van der Waals surface area (Å²) >= 11 is 0. The van der Waals surface area contributed by atoms with Gasteiger partial charge in [0.2, 0.25) is 0 Å². The average molecular weight is 444 g/mol. The summed E-state index contributed by atoms with van der Waals surface area (Å²) in [4.78, 5) is 17.1. The monoisotopic (exact) mass is 443 g/mol. The van der Waals surface area contributed by atoms with Crippen LogP contribution in [0.25, 0.3) is 0 Å². The number of nitrogens with one attached hydrogen (secondary N) is 1. The van der Waals surface area contributed by atoms with E-state index in [1.165, 1.54) is 12.1 Å². The molecular weight excluding hydrogens is 412 g/mol. The third kappa shape index (κ3) is 5.04. The first kappa shape index (κ1) is 22.5. The van der Waals surface area contributed by atoms with Crippen molar-refractivity contribution in [3.63, 3.8) is 0 Å². The van der Waals surface area contributed by atoms with Gasteiger partial charge >= 0.3 is 6.03 Å². The molecule has 0 aliphatic carbocycles. The smallest absolute Gasteiger partial charge is 0.318 e. The number of nitrogens with zero attached hydrogens (tertiary/aromatic N) is 2. The highest BCUT2D eigenvalue weighted by molar-refractivity contribution is 5.74. The molecule has 0 bridgehead atoms. The molecule has 0 radical (unpaired) electrons. The van der Waals surface area contributed by atoms with Gasteiger partial charge < -0.3 is 19.9 Å². The first-order valence-electron chi connectivity index (χ1n) is 11.2. The number of carbonyl (C=O) groups is 1. The molecule has 172 valence electrons. The van der Waals surface area contributed by atoms with Crippen molar-refractivity contribution in [2.45, 2.75) is 51.2 Å². The molecule has 1 saturated heterocycles. The second-order valence-corrected chi connectivity index (χ2v) is 9.62. The van der Waals surface area contributed by atoms with Gasteiger partial charge in [-0.25, -0.2) is 13.6 Å². The summed E-state index contributed by atoms with van der Waals surface area (Å²) in [6, 6.07) is 9.28. The lowest BCUT2D eigenvalue weighted by Crippen LogP contribution is -2.48. The molecule has 2 aliphatic rings. The topological polar surface area (TPSA) is 44.8 Å². The minimum absolute atomic E-state index is 0.0571. The van der Waals surface area contributed by atoms with Crippen molar-refractivity contribution >= 4 is 6.03 Å². The number of halogens is 2. The average Bonchev–Trinajstić information content (AvgIpc) is 3.05. The summed E-state index contributed by atoms with van der Waals surface area (Å²) in [6.07, 6.45) is 1.76. The fraction of sp³-hybridized carbons (Fsp3) is 0.480. The molecule has 2 aliphatic heterocycles. The minimum Gasteiger partial charge on any atom is -0.492 e. The van der Waals surface area contributed by atoms with Gasteiger partial charge in [-0.15, -0.1) is 0 Å². The summed E-state index contributed by atoms with van der Waals surface area (Å²) < 4.78 is 33.5. The third-order valence-electron chi connectivity index (χ3n) is 6.44. The Morgan fingerprint density at radius 3 is 2.62 bits per heavy atom. The van der Waals surface area contributed by atoms with Gasteiger partial charge in [0, 0.05) is 35.2 Å². The second-order valence-electron chi connectivity index (χ2n) is 9.62. The lowest BCUT2D eigenvalue weighted by molar-refractivity contribution is 0.175. The van der Waals surface area contributed by atoms with Crippen LogP contribution in [0.2, 0.25) is 0 Å². The van der Waals surface area contributed by atoms with Crippen molar-refractivity contribution in [3.05, 3.63) is 64.7 Å². The van der Waals surface area contributed by atoms with Gasteiger partial charge in [-0.3, -0.25) is 0 Å². The van der Waals surface area contributed by atoms with Crippen LogP contribution in [-0.4, -0.2) is 48.6 Å². The molecule has 4 rings (SSSR count). The number of amides is 2. The highest BCUT2D eigenvalue weighted by Crippen LogP contribution is 2.39. The molecule has 7 heteroatoms. The predicted molar refractivity (Wildman–Crippen MR) is 120 cm³/mol. The Hall–Kier alpha value is -2.67. The predicted octanol–water partition coefficient (Wildman–Crippen LogP) is 4.44. The number of rotatable bonds is 5.